The van der Waals surface area contributed by atoms with Gasteiger partial charge in [0.05, 0.1) is 23.2 Å². The van der Waals surface area contributed by atoms with Gasteiger partial charge in [-0.1, -0.05) is 13.0 Å². The van der Waals surface area contributed by atoms with Crippen molar-refractivity contribution in [2.75, 3.05) is 23.7 Å². The number of halogens is 1. The van der Waals surface area contributed by atoms with Crippen molar-refractivity contribution in [2.45, 2.75) is 46.6 Å². The highest BCUT2D eigenvalue weighted by molar-refractivity contribution is 5.96. The highest BCUT2D eigenvalue weighted by Crippen LogP contribution is 2.29. The van der Waals surface area contributed by atoms with E-state index in [0.717, 1.165) is 23.2 Å². The normalized spacial score (nSPS) is 11.5. The van der Waals surface area contributed by atoms with Gasteiger partial charge in [0, 0.05) is 36.0 Å². The molecule has 0 aliphatic carbocycles. The van der Waals surface area contributed by atoms with E-state index < -0.39 is 5.60 Å². The first kappa shape index (κ1) is 26.1. The lowest BCUT2D eigenvalue weighted by Gasteiger charge is -2.19. The molecule has 4 aromatic rings. The third-order valence-electron chi connectivity index (χ3n) is 5.91. The minimum absolute atomic E-state index is 0.0960. The van der Waals surface area contributed by atoms with E-state index in [1.54, 1.807) is 43.6 Å². The quantitative estimate of drug-likeness (QED) is 0.249. The van der Waals surface area contributed by atoms with Crippen LogP contribution in [0.2, 0.25) is 0 Å². The summed E-state index contributed by atoms with van der Waals surface area (Å²) in [6.07, 6.45) is 2.60. The number of anilines is 3. The Morgan fingerprint density at radius 3 is 2.57 bits per heavy atom. The van der Waals surface area contributed by atoms with Gasteiger partial charge in [-0.15, -0.1) is 5.10 Å². The molecule has 0 atom stereocenters. The molecule has 9 heteroatoms. The molecule has 1 amide bonds. The number of aromatic nitrogens is 3. The Morgan fingerprint density at radius 2 is 1.89 bits per heavy atom. The van der Waals surface area contributed by atoms with Crippen LogP contribution in [0.5, 0.6) is 0 Å². The lowest BCUT2D eigenvalue weighted by Crippen LogP contribution is -2.29. The predicted molar refractivity (Wildman–Crippen MR) is 145 cm³/mol. The van der Waals surface area contributed by atoms with Gasteiger partial charge < -0.3 is 21.1 Å². The highest BCUT2D eigenvalue weighted by atomic mass is 19.1. The maximum absolute atomic E-state index is 13.8. The molecule has 2 heterocycles. The van der Waals surface area contributed by atoms with Crippen LogP contribution in [-0.2, 0) is 0 Å². The number of aryl methyl sites for hydroxylation is 2. The first-order chi connectivity index (χ1) is 17.6. The standard InChI is InChI=1S/C28H33FN6O2/c1-6-11-30-27(36)21-9-7-19(12-17(21)2)24-15-31-26-23(32-16-28(4,5)37)14-25(34-35(24)26)33-20-8-10-22(29)18(3)13-20/h7-10,12-15,32,37H,6,11,16H2,1-5H3,(H,30,36)(H,33,34). The topological polar surface area (TPSA) is 104 Å². The fourth-order valence-corrected chi connectivity index (χ4v) is 3.95. The number of carbonyl (C=O) groups excluding carboxylic acids is 1. The summed E-state index contributed by atoms with van der Waals surface area (Å²) in [5.41, 5.74) is 4.60. The van der Waals surface area contributed by atoms with Gasteiger partial charge in [0.1, 0.15) is 5.82 Å². The fraction of sp³-hybridized carbons (Fsp3) is 0.321. The Hall–Kier alpha value is -3.98. The van der Waals surface area contributed by atoms with Crippen LogP contribution < -0.4 is 16.0 Å². The molecule has 0 saturated heterocycles. The van der Waals surface area contributed by atoms with Crippen LogP contribution in [0, 0.1) is 19.7 Å². The Kier molecular flexibility index (Phi) is 7.45. The van der Waals surface area contributed by atoms with Crippen molar-refractivity contribution in [1.29, 1.82) is 0 Å². The Labute approximate surface area is 215 Å². The Bertz CT molecular complexity index is 1440. The third-order valence-corrected chi connectivity index (χ3v) is 5.91. The lowest BCUT2D eigenvalue weighted by atomic mass is 10.0. The Morgan fingerprint density at radius 1 is 1.11 bits per heavy atom. The number of nitrogens with zero attached hydrogens (tertiary/aromatic N) is 3. The van der Waals surface area contributed by atoms with E-state index in [1.807, 2.05) is 38.1 Å². The van der Waals surface area contributed by atoms with Gasteiger partial charge >= 0.3 is 0 Å². The lowest BCUT2D eigenvalue weighted by molar-refractivity contribution is 0.0941. The maximum atomic E-state index is 13.8. The summed E-state index contributed by atoms with van der Waals surface area (Å²) in [6.45, 7) is 9.98. The largest absolute Gasteiger partial charge is 0.389 e. The number of nitrogens with one attached hydrogen (secondary N) is 3. The van der Waals surface area contributed by atoms with Crippen molar-refractivity contribution in [3.63, 3.8) is 0 Å². The van der Waals surface area contributed by atoms with Gasteiger partial charge in [-0.3, -0.25) is 4.79 Å². The number of amides is 1. The van der Waals surface area contributed by atoms with Gasteiger partial charge in [0.15, 0.2) is 11.5 Å². The first-order valence-electron chi connectivity index (χ1n) is 12.3. The van der Waals surface area contributed by atoms with Crippen molar-refractivity contribution in [2.24, 2.45) is 0 Å². The predicted octanol–water partition coefficient (Wildman–Crippen LogP) is 5.22. The molecular weight excluding hydrogens is 471 g/mol. The number of hydrogen-bond donors (Lipinski definition) is 4. The number of fused-ring (bicyclic) bond motifs is 1. The second-order valence-electron chi connectivity index (χ2n) is 9.86. The molecule has 0 aliphatic heterocycles. The van der Waals surface area contributed by atoms with Gasteiger partial charge in [0.25, 0.3) is 5.91 Å². The number of benzene rings is 2. The fourth-order valence-electron chi connectivity index (χ4n) is 3.95. The van der Waals surface area contributed by atoms with Crippen LogP contribution in [0.15, 0.2) is 48.7 Å². The van der Waals surface area contributed by atoms with Gasteiger partial charge in [-0.05, 0) is 75.6 Å². The minimum Gasteiger partial charge on any atom is -0.389 e. The number of rotatable bonds is 9. The zero-order valence-electron chi connectivity index (χ0n) is 21.8. The van der Waals surface area contributed by atoms with Crippen LogP contribution in [0.3, 0.4) is 0 Å². The van der Waals surface area contributed by atoms with E-state index in [1.165, 1.54) is 6.07 Å². The molecule has 8 nitrogen and oxygen atoms in total. The van der Waals surface area contributed by atoms with E-state index in [0.29, 0.717) is 47.1 Å². The number of imidazole rings is 1. The maximum Gasteiger partial charge on any atom is 0.251 e. The molecule has 0 fully saturated rings. The van der Waals surface area contributed by atoms with E-state index in [4.69, 9.17) is 5.10 Å². The second-order valence-corrected chi connectivity index (χ2v) is 9.86. The molecule has 0 radical (unpaired) electrons. The number of hydrogen-bond acceptors (Lipinski definition) is 6. The molecule has 0 spiro atoms. The smallest absolute Gasteiger partial charge is 0.251 e. The van der Waals surface area contributed by atoms with E-state index >= 15 is 0 Å². The average Bonchev–Trinajstić information content (AvgIpc) is 3.27. The van der Waals surface area contributed by atoms with Crippen LogP contribution in [0.1, 0.15) is 48.7 Å². The van der Waals surface area contributed by atoms with Gasteiger partial charge in [-0.2, -0.15) is 0 Å². The summed E-state index contributed by atoms with van der Waals surface area (Å²) in [4.78, 5) is 17.1. The zero-order valence-corrected chi connectivity index (χ0v) is 21.8. The summed E-state index contributed by atoms with van der Waals surface area (Å²) >= 11 is 0. The SMILES string of the molecule is CCCNC(=O)c1ccc(-c2cnc3c(NCC(C)(C)O)cc(Nc4ccc(F)c(C)c4)nn23)cc1C. The number of aliphatic hydroxyl groups is 1. The average molecular weight is 505 g/mol. The minimum atomic E-state index is -0.942. The third kappa shape index (κ3) is 6.06. The molecular formula is C28H33FN6O2. The zero-order chi connectivity index (χ0) is 26.7. The van der Waals surface area contributed by atoms with Crippen molar-refractivity contribution >= 4 is 28.7 Å². The van der Waals surface area contributed by atoms with Crippen LogP contribution in [0.25, 0.3) is 16.9 Å². The van der Waals surface area contributed by atoms with E-state index in [9.17, 15) is 14.3 Å². The van der Waals surface area contributed by atoms with Crippen molar-refractivity contribution in [3.8, 4) is 11.3 Å². The molecule has 0 saturated carbocycles. The van der Waals surface area contributed by atoms with Crippen LogP contribution >= 0.6 is 0 Å². The van der Waals surface area contributed by atoms with E-state index in [-0.39, 0.29) is 11.7 Å². The summed E-state index contributed by atoms with van der Waals surface area (Å²) in [6, 6.07) is 12.2. The molecule has 37 heavy (non-hydrogen) atoms. The molecule has 0 unspecified atom stereocenters. The van der Waals surface area contributed by atoms with Crippen molar-refractivity contribution in [1.82, 2.24) is 19.9 Å². The monoisotopic (exact) mass is 504 g/mol. The summed E-state index contributed by atoms with van der Waals surface area (Å²) in [5.74, 6) is 0.144. The molecule has 2 aromatic carbocycles. The van der Waals surface area contributed by atoms with Gasteiger partial charge in [-0.25, -0.2) is 13.9 Å². The summed E-state index contributed by atoms with van der Waals surface area (Å²) in [5, 5.41) is 24.4. The molecule has 0 bridgehead atoms. The first-order valence-corrected chi connectivity index (χ1v) is 12.3. The summed E-state index contributed by atoms with van der Waals surface area (Å²) < 4.78 is 15.5. The van der Waals surface area contributed by atoms with Crippen molar-refractivity contribution < 1.29 is 14.3 Å². The van der Waals surface area contributed by atoms with Gasteiger partial charge in [0.2, 0.25) is 0 Å². The second kappa shape index (κ2) is 10.6. The molecule has 194 valence electrons. The molecule has 4 rings (SSSR count). The number of carbonyl (C=O) groups is 1. The van der Waals surface area contributed by atoms with E-state index in [2.05, 4.69) is 20.9 Å². The van der Waals surface area contributed by atoms with Crippen LogP contribution in [-0.4, -0.2) is 44.3 Å². The molecule has 4 N–H and O–H groups in total. The molecule has 2 aromatic heterocycles. The van der Waals surface area contributed by atoms with Crippen molar-refractivity contribution in [3.05, 3.63) is 71.2 Å². The highest BCUT2D eigenvalue weighted by Gasteiger charge is 2.18. The van der Waals surface area contributed by atoms with Crippen LogP contribution in [0.4, 0.5) is 21.6 Å². The molecule has 0 aliphatic rings. The summed E-state index contributed by atoms with van der Waals surface area (Å²) in [7, 11) is 0. The Balaban J connectivity index is 1.76.